The molecule has 1 aromatic rings. The minimum Gasteiger partial charge on any atom is -0.381 e. The van der Waals surface area contributed by atoms with Crippen molar-refractivity contribution in [1.29, 1.82) is 0 Å². The maximum Gasteiger partial charge on any atom is 0.345 e. The summed E-state index contributed by atoms with van der Waals surface area (Å²) in [6.07, 6.45) is 1.94. The first kappa shape index (κ1) is 9.40. The quantitative estimate of drug-likeness (QED) is 0.724. The van der Waals surface area contributed by atoms with Crippen molar-refractivity contribution in [3.63, 3.8) is 0 Å². The van der Waals surface area contributed by atoms with E-state index >= 15 is 0 Å². The summed E-state index contributed by atoms with van der Waals surface area (Å²) in [5.41, 5.74) is 1.55. The number of H-pyrrole nitrogens is 1. The Labute approximate surface area is 82.3 Å². The fraction of sp³-hybridized carbons (Fsp3) is 0.600. The van der Waals surface area contributed by atoms with Gasteiger partial charge in [0.1, 0.15) is 0 Å². The molecule has 0 aliphatic carbocycles. The smallest absolute Gasteiger partial charge is 0.345 e. The van der Waals surface area contributed by atoms with Gasteiger partial charge in [0.25, 0.3) is 0 Å². The fourth-order valence-electron chi connectivity index (χ4n) is 1.81. The number of rotatable bonds is 1. The van der Waals surface area contributed by atoms with Crippen molar-refractivity contribution in [2.45, 2.75) is 25.7 Å². The lowest BCUT2D eigenvalue weighted by molar-refractivity contribution is 0.0844. The maximum absolute atomic E-state index is 11.2. The molecule has 0 spiro atoms. The van der Waals surface area contributed by atoms with Crippen LogP contribution in [0, 0.1) is 6.92 Å². The van der Waals surface area contributed by atoms with Crippen LogP contribution in [0.1, 0.15) is 30.1 Å². The number of aromatic amines is 1. The third-order valence-electron chi connectivity index (χ3n) is 2.54. The Morgan fingerprint density at radius 3 is 2.86 bits per heavy atom. The molecule has 1 saturated heterocycles. The van der Waals surface area contributed by atoms with Gasteiger partial charge >= 0.3 is 5.69 Å². The molecule has 1 aliphatic rings. The van der Waals surface area contributed by atoms with E-state index in [2.05, 4.69) is 9.97 Å². The Balaban J connectivity index is 2.26. The number of hydrogen-bond donors (Lipinski definition) is 1. The highest BCUT2D eigenvalue weighted by atomic mass is 16.5. The molecule has 4 nitrogen and oxygen atoms in total. The van der Waals surface area contributed by atoms with Crippen LogP contribution in [-0.4, -0.2) is 23.2 Å². The molecule has 76 valence electrons. The lowest BCUT2D eigenvalue weighted by Gasteiger charge is -2.21. The lowest BCUT2D eigenvalue weighted by Crippen LogP contribution is -2.20. The normalized spacial score (nSPS) is 18.4. The third kappa shape index (κ3) is 2.01. The van der Waals surface area contributed by atoms with Gasteiger partial charge in [0, 0.05) is 24.8 Å². The lowest BCUT2D eigenvalue weighted by atomic mass is 9.96. The number of aromatic nitrogens is 2. The summed E-state index contributed by atoms with van der Waals surface area (Å²) in [7, 11) is 0. The van der Waals surface area contributed by atoms with Gasteiger partial charge in [0.05, 0.1) is 5.69 Å². The van der Waals surface area contributed by atoms with Crippen LogP contribution in [0.15, 0.2) is 10.9 Å². The molecule has 1 fully saturated rings. The molecule has 0 aromatic carbocycles. The second-order valence-corrected chi connectivity index (χ2v) is 3.68. The summed E-state index contributed by atoms with van der Waals surface area (Å²) in [4.78, 5) is 17.8. The summed E-state index contributed by atoms with van der Waals surface area (Å²) in [6.45, 7) is 3.43. The second kappa shape index (κ2) is 3.92. The molecule has 0 unspecified atom stereocenters. The zero-order valence-electron chi connectivity index (χ0n) is 8.25. The van der Waals surface area contributed by atoms with E-state index in [4.69, 9.17) is 4.74 Å². The van der Waals surface area contributed by atoms with Crippen molar-refractivity contribution >= 4 is 0 Å². The molecule has 2 heterocycles. The molecule has 0 amide bonds. The Kier molecular flexibility index (Phi) is 2.63. The predicted octanol–water partition coefficient (Wildman–Crippen LogP) is 0.972. The van der Waals surface area contributed by atoms with Gasteiger partial charge in [-0.05, 0) is 25.8 Å². The van der Waals surface area contributed by atoms with Crippen molar-refractivity contribution in [3.8, 4) is 0 Å². The minimum atomic E-state index is -0.244. The van der Waals surface area contributed by atoms with E-state index in [9.17, 15) is 4.79 Å². The molecular formula is C10H14N2O2. The highest BCUT2D eigenvalue weighted by Crippen LogP contribution is 2.24. The zero-order chi connectivity index (χ0) is 9.97. The molecule has 2 rings (SSSR count). The van der Waals surface area contributed by atoms with Gasteiger partial charge in [-0.1, -0.05) is 0 Å². The molecule has 1 aliphatic heterocycles. The summed E-state index contributed by atoms with van der Waals surface area (Å²) in [5, 5.41) is 0. The Hall–Kier alpha value is -1.16. The van der Waals surface area contributed by atoms with Crippen molar-refractivity contribution in [1.82, 2.24) is 9.97 Å². The molecule has 14 heavy (non-hydrogen) atoms. The van der Waals surface area contributed by atoms with Gasteiger partial charge in [-0.15, -0.1) is 0 Å². The van der Waals surface area contributed by atoms with Crippen molar-refractivity contribution < 1.29 is 4.74 Å². The molecule has 0 atom stereocenters. The third-order valence-corrected chi connectivity index (χ3v) is 2.54. The monoisotopic (exact) mass is 194 g/mol. The zero-order valence-corrected chi connectivity index (χ0v) is 8.25. The van der Waals surface area contributed by atoms with Crippen molar-refractivity contribution in [3.05, 3.63) is 27.9 Å². The number of ether oxygens (including phenoxy) is 1. The van der Waals surface area contributed by atoms with E-state index in [1.807, 2.05) is 13.0 Å². The van der Waals surface area contributed by atoms with Crippen LogP contribution in [-0.2, 0) is 4.74 Å². The molecule has 1 N–H and O–H groups in total. The van der Waals surface area contributed by atoms with E-state index in [-0.39, 0.29) is 5.69 Å². The Bertz CT molecular complexity index is 367. The van der Waals surface area contributed by atoms with Crippen LogP contribution in [0.25, 0.3) is 0 Å². The number of aryl methyl sites for hydroxylation is 1. The van der Waals surface area contributed by atoms with Gasteiger partial charge in [-0.3, -0.25) is 0 Å². The highest BCUT2D eigenvalue weighted by Gasteiger charge is 2.17. The number of nitrogens with one attached hydrogen (secondary N) is 1. The first-order chi connectivity index (χ1) is 6.75. The largest absolute Gasteiger partial charge is 0.381 e. The van der Waals surface area contributed by atoms with E-state index in [0.29, 0.717) is 5.92 Å². The van der Waals surface area contributed by atoms with E-state index in [0.717, 1.165) is 37.4 Å². The average molecular weight is 194 g/mol. The second-order valence-electron chi connectivity index (χ2n) is 3.68. The average Bonchev–Trinajstić information content (AvgIpc) is 2.18. The summed E-state index contributed by atoms with van der Waals surface area (Å²) in [6, 6.07) is 1.96. The Morgan fingerprint density at radius 2 is 2.21 bits per heavy atom. The topological polar surface area (TPSA) is 55.0 Å². The molecular weight excluding hydrogens is 180 g/mol. The van der Waals surface area contributed by atoms with Gasteiger partial charge in [0.2, 0.25) is 0 Å². The van der Waals surface area contributed by atoms with Gasteiger partial charge in [0.15, 0.2) is 0 Å². The number of hydrogen-bond acceptors (Lipinski definition) is 3. The van der Waals surface area contributed by atoms with E-state index in [1.165, 1.54) is 0 Å². The summed E-state index contributed by atoms with van der Waals surface area (Å²) >= 11 is 0. The fourth-order valence-corrected chi connectivity index (χ4v) is 1.81. The van der Waals surface area contributed by atoms with Crippen LogP contribution < -0.4 is 5.69 Å². The van der Waals surface area contributed by atoms with Crippen molar-refractivity contribution in [2.24, 2.45) is 0 Å². The van der Waals surface area contributed by atoms with Gasteiger partial charge < -0.3 is 9.72 Å². The maximum atomic E-state index is 11.2. The van der Waals surface area contributed by atoms with Crippen LogP contribution in [0.5, 0.6) is 0 Å². The van der Waals surface area contributed by atoms with Crippen LogP contribution in [0.2, 0.25) is 0 Å². The standard InChI is InChI=1S/C10H14N2O2/c1-7-6-9(12-10(13)11-7)8-2-4-14-5-3-8/h6,8H,2-5H2,1H3,(H,11,12,13). The molecule has 0 radical (unpaired) electrons. The molecule has 0 saturated carbocycles. The summed E-state index contributed by atoms with van der Waals surface area (Å²) < 4.78 is 5.27. The SMILES string of the molecule is Cc1cc(C2CCOCC2)nc(=O)[nH]1. The highest BCUT2D eigenvalue weighted by molar-refractivity contribution is 5.12. The molecule has 1 aromatic heterocycles. The Morgan fingerprint density at radius 1 is 1.50 bits per heavy atom. The minimum absolute atomic E-state index is 0.244. The predicted molar refractivity (Wildman–Crippen MR) is 52.4 cm³/mol. The molecule has 0 bridgehead atoms. The molecule has 4 heteroatoms. The van der Waals surface area contributed by atoms with Crippen LogP contribution in [0.4, 0.5) is 0 Å². The van der Waals surface area contributed by atoms with Gasteiger partial charge in [-0.2, -0.15) is 4.98 Å². The van der Waals surface area contributed by atoms with Crippen LogP contribution >= 0.6 is 0 Å². The summed E-state index contributed by atoms with van der Waals surface area (Å²) in [5.74, 6) is 0.393. The number of nitrogens with zero attached hydrogens (tertiary/aromatic N) is 1. The van der Waals surface area contributed by atoms with Gasteiger partial charge in [-0.25, -0.2) is 4.79 Å². The van der Waals surface area contributed by atoms with E-state index in [1.54, 1.807) is 0 Å². The first-order valence-electron chi connectivity index (χ1n) is 4.91. The van der Waals surface area contributed by atoms with Crippen LogP contribution in [0.3, 0.4) is 0 Å². The van der Waals surface area contributed by atoms with E-state index < -0.39 is 0 Å². The first-order valence-corrected chi connectivity index (χ1v) is 4.91. The van der Waals surface area contributed by atoms with Crippen molar-refractivity contribution in [2.75, 3.05) is 13.2 Å².